The summed E-state index contributed by atoms with van der Waals surface area (Å²) in [6, 6.07) is 0.191. The number of hydrogen-bond donors (Lipinski definition) is 2. The average molecular weight is 323 g/mol. The maximum absolute atomic E-state index is 11.2. The number of aryl methyl sites for hydroxylation is 1. The topological polar surface area (TPSA) is 84.1 Å². The quantitative estimate of drug-likeness (QED) is 0.901. The van der Waals surface area contributed by atoms with Crippen LogP contribution in [0.5, 0.6) is 0 Å². The number of rotatable bonds is 3. The van der Waals surface area contributed by atoms with Crippen LogP contribution in [0.4, 0.5) is 10.8 Å². The zero-order chi connectivity index (χ0) is 15.0. The first kappa shape index (κ1) is 14.3. The maximum Gasteiger partial charge on any atom is 0.217 e. The molecule has 21 heavy (non-hydrogen) atoms. The minimum atomic E-state index is 0.0148. The third-order valence-corrected chi connectivity index (χ3v) is 5.16. The van der Waals surface area contributed by atoms with E-state index in [1.54, 1.807) is 18.3 Å². The van der Waals surface area contributed by atoms with E-state index in [1.165, 1.54) is 11.5 Å². The van der Waals surface area contributed by atoms with Gasteiger partial charge < -0.3 is 16.0 Å². The molecule has 1 fully saturated rings. The van der Waals surface area contributed by atoms with Crippen molar-refractivity contribution in [3.05, 3.63) is 10.4 Å². The van der Waals surface area contributed by atoms with Crippen molar-refractivity contribution >= 4 is 39.6 Å². The molecule has 1 saturated heterocycles. The van der Waals surface area contributed by atoms with Gasteiger partial charge in [0, 0.05) is 31.4 Å². The molecule has 0 aliphatic carbocycles. The van der Waals surface area contributed by atoms with Gasteiger partial charge in [-0.05, 0) is 24.9 Å². The van der Waals surface area contributed by atoms with E-state index in [2.05, 4.69) is 19.6 Å². The average Bonchev–Trinajstić information content (AvgIpc) is 3.09. The van der Waals surface area contributed by atoms with Gasteiger partial charge in [0.05, 0.1) is 16.3 Å². The van der Waals surface area contributed by atoms with E-state index in [4.69, 9.17) is 5.73 Å². The summed E-state index contributed by atoms with van der Waals surface area (Å²) in [5.41, 5.74) is 7.85. The van der Waals surface area contributed by atoms with E-state index < -0.39 is 0 Å². The Morgan fingerprint density at radius 3 is 3.05 bits per heavy atom. The number of amides is 1. The van der Waals surface area contributed by atoms with Crippen LogP contribution in [0, 0.1) is 6.92 Å². The maximum atomic E-state index is 11.2. The molecule has 1 atom stereocenters. The number of carbonyl (C=O) groups excluding carboxylic acids is 1. The van der Waals surface area contributed by atoms with Crippen LogP contribution in [-0.2, 0) is 4.79 Å². The highest BCUT2D eigenvalue weighted by Gasteiger charge is 2.28. The Morgan fingerprint density at radius 1 is 1.57 bits per heavy atom. The number of hydrogen-bond acceptors (Lipinski definition) is 7. The summed E-state index contributed by atoms with van der Waals surface area (Å²) in [5, 5.41) is 7.04. The van der Waals surface area contributed by atoms with E-state index in [0.29, 0.717) is 5.82 Å². The molecule has 1 aliphatic heterocycles. The number of nitrogens with one attached hydrogen (secondary N) is 1. The molecular weight excluding hydrogens is 306 g/mol. The molecule has 112 valence electrons. The number of thiazole rings is 1. The Labute approximate surface area is 131 Å². The highest BCUT2D eigenvalue weighted by atomic mass is 32.1. The van der Waals surface area contributed by atoms with Crippen LogP contribution in [0.15, 0.2) is 5.38 Å². The summed E-state index contributed by atoms with van der Waals surface area (Å²) in [7, 11) is 0. The molecule has 1 amide bonds. The van der Waals surface area contributed by atoms with Crippen molar-refractivity contribution in [2.24, 2.45) is 0 Å². The number of nitrogen functional groups attached to an aromatic ring is 1. The van der Waals surface area contributed by atoms with E-state index in [-0.39, 0.29) is 11.9 Å². The van der Waals surface area contributed by atoms with Gasteiger partial charge in [0.25, 0.3) is 0 Å². The highest BCUT2D eigenvalue weighted by Crippen LogP contribution is 2.40. The highest BCUT2D eigenvalue weighted by molar-refractivity contribution is 7.11. The second-order valence-electron chi connectivity index (χ2n) is 5.13. The number of anilines is 2. The van der Waals surface area contributed by atoms with Crippen LogP contribution in [0.3, 0.4) is 0 Å². The Hall–Kier alpha value is -1.67. The van der Waals surface area contributed by atoms with Crippen LogP contribution >= 0.6 is 22.9 Å². The van der Waals surface area contributed by atoms with Gasteiger partial charge in [-0.25, -0.2) is 4.98 Å². The summed E-state index contributed by atoms with van der Waals surface area (Å²) in [6.45, 7) is 5.21. The fourth-order valence-corrected chi connectivity index (χ4v) is 4.04. The lowest BCUT2D eigenvalue weighted by Crippen LogP contribution is -2.35. The molecule has 0 aromatic carbocycles. The zero-order valence-corrected chi connectivity index (χ0v) is 13.6. The van der Waals surface area contributed by atoms with Crippen molar-refractivity contribution in [2.45, 2.75) is 26.3 Å². The Morgan fingerprint density at radius 2 is 2.38 bits per heavy atom. The Balaban J connectivity index is 1.86. The van der Waals surface area contributed by atoms with Gasteiger partial charge in [-0.15, -0.1) is 11.3 Å². The second-order valence-corrected chi connectivity index (χ2v) is 6.95. The Kier molecular flexibility index (Phi) is 3.81. The fourth-order valence-electron chi connectivity index (χ4n) is 2.58. The first-order chi connectivity index (χ1) is 10.0. The third kappa shape index (κ3) is 2.86. The van der Waals surface area contributed by atoms with Crippen LogP contribution < -0.4 is 16.0 Å². The van der Waals surface area contributed by atoms with Gasteiger partial charge >= 0.3 is 0 Å². The molecule has 2 aromatic rings. The van der Waals surface area contributed by atoms with Crippen molar-refractivity contribution in [2.75, 3.05) is 23.7 Å². The first-order valence-electron chi connectivity index (χ1n) is 6.74. The van der Waals surface area contributed by atoms with E-state index in [9.17, 15) is 4.79 Å². The molecule has 1 aliphatic rings. The summed E-state index contributed by atoms with van der Waals surface area (Å²) in [6.07, 6.45) is 0.937. The van der Waals surface area contributed by atoms with Gasteiger partial charge in [-0.2, -0.15) is 4.37 Å². The third-order valence-electron chi connectivity index (χ3n) is 3.46. The summed E-state index contributed by atoms with van der Waals surface area (Å²) in [4.78, 5) is 17.9. The van der Waals surface area contributed by atoms with E-state index in [1.807, 2.05) is 12.3 Å². The predicted octanol–water partition coefficient (Wildman–Crippen LogP) is 1.87. The second kappa shape index (κ2) is 5.61. The van der Waals surface area contributed by atoms with Crippen LogP contribution in [-0.4, -0.2) is 34.4 Å². The van der Waals surface area contributed by atoms with Gasteiger partial charge in [-0.1, -0.05) is 0 Å². The lowest BCUT2D eigenvalue weighted by molar-refractivity contribution is -0.119. The summed E-state index contributed by atoms with van der Waals surface area (Å²) in [5.74, 6) is 0.546. The van der Waals surface area contributed by atoms with Crippen LogP contribution in [0.2, 0.25) is 0 Å². The van der Waals surface area contributed by atoms with Crippen molar-refractivity contribution < 1.29 is 4.79 Å². The van der Waals surface area contributed by atoms with Gasteiger partial charge in [0.2, 0.25) is 5.91 Å². The monoisotopic (exact) mass is 323 g/mol. The molecule has 0 radical (unpaired) electrons. The smallest absolute Gasteiger partial charge is 0.217 e. The largest absolute Gasteiger partial charge is 0.382 e. The summed E-state index contributed by atoms with van der Waals surface area (Å²) >= 11 is 3.01. The molecule has 2 aromatic heterocycles. The van der Waals surface area contributed by atoms with Gasteiger partial charge in [-0.3, -0.25) is 4.79 Å². The molecule has 0 saturated carbocycles. The Bertz CT molecular complexity index is 665. The molecule has 0 spiro atoms. The van der Waals surface area contributed by atoms with Gasteiger partial charge in [0.1, 0.15) is 10.8 Å². The number of aromatic nitrogens is 2. The SMILES string of the molecule is CC(=O)NC1CCN(c2snc(N)c2-c2csc(C)n2)C1. The minimum Gasteiger partial charge on any atom is -0.382 e. The van der Waals surface area contributed by atoms with Crippen LogP contribution in [0.25, 0.3) is 11.3 Å². The molecule has 3 heterocycles. The van der Waals surface area contributed by atoms with Crippen molar-refractivity contribution in [3.63, 3.8) is 0 Å². The van der Waals surface area contributed by atoms with Crippen LogP contribution in [0.1, 0.15) is 18.4 Å². The molecule has 3 N–H and O–H groups in total. The van der Waals surface area contributed by atoms with Crippen molar-refractivity contribution in [3.8, 4) is 11.3 Å². The zero-order valence-electron chi connectivity index (χ0n) is 11.9. The molecular formula is C13H17N5OS2. The molecule has 0 bridgehead atoms. The fraction of sp³-hybridized carbons (Fsp3) is 0.462. The van der Waals surface area contributed by atoms with Gasteiger partial charge in [0.15, 0.2) is 0 Å². The number of nitrogens with two attached hydrogens (primary N) is 1. The molecule has 3 rings (SSSR count). The molecule has 8 heteroatoms. The lowest BCUT2D eigenvalue weighted by atomic mass is 10.2. The molecule has 6 nitrogen and oxygen atoms in total. The number of carbonyl (C=O) groups is 1. The lowest BCUT2D eigenvalue weighted by Gasteiger charge is -2.17. The first-order valence-corrected chi connectivity index (χ1v) is 8.39. The minimum absolute atomic E-state index is 0.0148. The summed E-state index contributed by atoms with van der Waals surface area (Å²) < 4.78 is 4.29. The van der Waals surface area contributed by atoms with Crippen molar-refractivity contribution in [1.82, 2.24) is 14.7 Å². The standard InChI is InChI=1S/C13H17N5OS2/c1-7(19)15-9-3-4-18(5-9)13-11(12(14)17-21-13)10-6-20-8(2)16-10/h6,9H,3-5H2,1-2H3,(H2,14,17)(H,15,19). The van der Waals surface area contributed by atoms with E-state index in [0.717, 1.165) is 40.8 Å². The predicted molar refractivity (Wildman–Crippen MR) is 86.8 cm³/mol. The normalized spacial score (nSPS) is 18.2. The molecule has 1 unspecified atom stereocenters. The van der Waals surface area contributed by atoms with Crippen molar-refractivity contribution in [1.29, 1.82) is 0 Å². The van der Waals surface area contributed by atoms with E-state index >= 15 is 0 Å². The number of nitrogens with zero attached hydrogens (tertiary/aromatic N) is 3.